The Bertz CT molecular complexity index is 1360. The molecule has 3 heterocycles. The highest BCUT2D eigenvalue weighted by atomic mass is 32.1. The van der Waals surface area contributed by atoms with E-state index in [1.165, 1.54) is 29.5 Å². The molecule has 1 fully saturated rings. The van der Waals surface area contributed by atoms with Crippen molar-refractivity contribution in [2.45, 2.75) is 25.6 Å². The van der Waals surface area contributed by atoms with E-state index in [4.69, 9.17) is 0 Å². The van der Waals surface area contributed by atoms with E-state index in [-0.39, 0.29) is 11.5 Å². The van der Waals surface area contributed by atoms with Crippen LogP contribution in [-0.4, -0.2) is 39.8 Å². The molecule has 2 aromatic carbocycles. The molecule has 0 amide bonds. The van der Waals surface area contributed by atoms with Gasteiger partial charge in [0.2, 0.25) is 5.95 Å². The smallest absolute Gasteiger partial charge is 0.406 e. The summed E-state index contributed by atoms with van der Waals surface area (Å²) in [4.78, 5) is 21.8. The first-order chi connectivity index (χ1) is 16.2. The predicted molar refractivity (Wildman–Crippen MR) is 125 cm³/mol. The van der Waals surface area contributed by atoms with Gasteiger partial charge in [-0.2, -0.15) is 0 Å². The number of benzene rings is 2. The third kappa shape index (κ3) is 4.85. The second-order valence-electron chi connectivity index (χ2n) is 8.36. The monoisotopic (exact) mass is 489 g/mol. The topological polar surface area (TPSA) is 81.1 Å². The summed E-state index contributed by atoms with van der Waals surface area (Å²) in [6.07, 6.45) is -2.08. The number of thiazole rings is 1. The number of rotatable bonds is 6. The van der Waals surface area contributed by atoms with Gasteiger partial charge in [-0.3, -0.25) is 4.79 Å². The van der Waals surface area contributed by atoms with Gasteiger partial charge in [0.1, 0.15) is 5.75 Å². The molecular weight excluding hydrogens is 467 g/mol. The van der Waals surface area contributed by atoms with Gasteiger partial charge in [-0.1, -0.05) is 11.3 Å². The number of Topliss-reactive ketones (excluding diaryl/α,β-unsaturated/α-hetero) is 1. The average Bonchev–Trinajstić information content (AvgIpc) is 3.33. The number of carbonyl (C=O) groups is 1. The highest BCUT2D eigenvalue weighted by Gasteiger charge is 2.31. The van der Waals surface area contributed by atoms with Gasteiger partial charge in [0.05, 0.1) is 21.3 Å². The summed E-state index contributed by atoms with van der Waals surface area (Å²) in [6, 6.07) is 9.52. The number of aromatic nitrogens is 3. The highest BCUT2D eigenvalue weighted by Crippen LogP contribution is 2.33. The molecule has 0 saturated carbocycles. The molecule has 0 aliphatic carbocycles. The van der Waals surface area contributed by atoms with E-state index in [2.05, 4.69) is 25.3 Å². The maximum atomic E-state index is 12.8. The summed E-state index contributed by atoms with van der Waals surface area (Å²) in [7, 11) is 1.84. The standard InChI is InChI=1S/C23H22F3N5O2S/c1-31-18-7-4-14(19(32)9-13-3-2-8-27-12-13)10-17(18)28-21(31)30-22-29-16-6-5-15(11-20(16)34-22)33-23(24,25)26/h4-7,10-11,13,27H,2-3,8-9,12H2,1H3,(H,28,29,30). The third-order valence-electron chi connectivity index (χ3n) is 5.89. The van der Waals surface area contributed by atoms with Crippen LogP contribution in [0, 0.1) is 5.92 Å². The summed E-state index contributed by atoms with van der Waals surface area (Å²) in [6.45, 7) is 1.88. The number of alkyl halides is 3. The van der Waals surface area contributed by atoms with Gasteiger partial charge < -0.3 is 19.9 Å². The van der Waals surface area contributed by atoms with Crippen LogP contribution >= 0.6 is 11.3 Å². The lowest BCUT2D eigenvalue weighted by atomic mass is 9.92. The number of nitrogens with zero attached hydrogens (tertiary/aromatic N) is 3. The molecule has 178 valence electrons. The summed E-state index contributed by atoms with van der Waals surface area (Å²) in [5.74, 6) is 0.693. The maximum Gasteiger partial charge on any atom is 0.573 e. The fraction of sp³-hybridized carbons (Fsp3) is 0.348. The van der Waals surface area contributed by atoms with E-state index in [0.717, 1.165) is 31.4 Å². The van der Waals surface area contributed by atoms with Crippen LogP contribution in [0.3, 0.4) is 0 Å². The van der Waals surface area contributed by atoms with Gasteiger partial charge >= 0.3 is 6.36 Å². The number of hydrogen-bond acceptors (Lipinski definition) is 7. The van der Waals surface area contributed by atoms with Crippen LogP contribution in [-0.2, 0) is 7.05 Å². The molecular formula is C23H22F3N5O2S. The van der Waals surface area contributed by atoms with Crippen molar-refractivity contribution in [1.29, 1.82) is 0 Å². The highest BCUT2D eigenvalue weighted by molar-refractivity contribution is 7.22. The van der Waals surface area contributed by atoms with Crippen molar-refractivity contribution in [2.24, 2.45) is 13.0 Å². The summed E-state index contributed by atoms with van der Waals surface area (Å²) >= 11 is 1.20. The van der Waals surface area contributed by atoms with Gasteiger partial charge in [-0.15, -0.1) is 13.2 Å². The Morgan fingerprint density at radius 2 is 2.09 bits per heavy atom. The van der Waals surface area contributed by atoms with Crippen molar-refractivity contribution in [3.8, 4) is 5.75 Å². The summed E-state index contributed by atoms with van der Waals surface area (Å²) in [5.41, 5.74) is 2.71. The van der Waals surface area contributed by atoms with E-state index < -0.39 is 6.36 Å². The number of ether oxygens (including phenoxy) is 1. The first-order valence-electron chi connectivity index (χ1n) is 10.9. The summed E-state index contributed by atoms with van der Waals surface area (Å²) in [5, 5.41) is 6.96. The molecule has 0 spiro atoms. The number of aryl methyl sites for hydroxylation is 1. The lowest BCUT2D eigenvalue weighted by Crippen LogP contribution is -2.31. The van der Waals surface area contributed by atoms with Gasteiger partial charge in [0.15, 0.2) is 10.9 Å². The Morgan fingerprint density at radius 1 is 1.24 bits per heavy atom. The number of fused-ring (bicyclic) bond motifs is 2. The average molecular weight is 490 g/mol. The molecule has 11 heteroatoms. The van der Waals surface area contributed by atoms with Crippen LogP contribution in [0.15, 0.2) is 36.4 Å². The van der Waals surface area contributed by atoms with Crippen LogP contribution in [0.2, 0.25) is 0 Å². The number of hydrogen-bond donors (Lipinski definition) is 2. The van der Waals surface area contributed by atoms with Gasteiger partial charge in [0.25, 0.3) is 0 Å². The first kappa shape index (κ1) is 22.6. The number of ketones is 1. The molecule has 2 aromatic heterocycles. The lowest BCUT2D eigenvalue weighted by molar-refractivity contribution is -0.274. The predicted octanol–water partition coefficient (Wildman–Crippen LogP) is 5.40. The minimum atomic E-state index is -4.75. The number of carbonyl (C=O) groups excluding carboxylic acids is 1. The molecule has 2 N–H and O–H groups in total. The summed E-state index contributed by atoms with van der Waals surface area (Å²) < 4.78 is 43.9. The minimum Gasteiger partial charge on any atom is -0.406 e. The minimum absolute atomic E-state index is 0.110. The maximum absolute atomic E-state index is 12.8. The van der Waals surface area contributed by atoms with Crippen molar-refractivity contribution < 1.29 is 22.7 Å². The lowest BCUT2D eigenvalue weighted by Gasteiger charge is -2.21. The van der Waals surface area contributed by atoms with Crippen molar-refractivity contribution >= 4 is 49.4 Å². The van der Waals surface area contributed by atoms with Crippen molar-refractivity contribution in [1.82, 2.24) is 19.9 Å². The molecule has 0 radical (unpaired) electrons. The fourth-order valence-electron chi connectivity index (χ4n) is 4.21. The molecule has 1 saturated heterocycles. The quantitative estimate of drug-likeness (QED) is 0.353. The number of imidazole rings is 1. The molecule has 7 nitrogen and oxygen atoms in total. The molecule has 1 aliphatic heterocycles. The van der Waals surface area contributed by atoms with E-state index >= 15 is 0 Å². The van der Waals surface area contributed by atoms with E-state index in [1.54, 1.807) is 6.07 Å². The zero-order valence-electron chi connectivity index (χ0n) is 18.3. The molecule has 34 heavy (non-hydrogen) atoms. The van der Waals surface area contributed by atoms with Crippen LogP contribution in [0.5, 0.6) is 5.75 Å². The Morgan fingerprint density at radius 3 is 2.85 bits per heavy atom. The number of piperidine rings is 1. The van der Waals surface area contributed by atoms with E-state index in [0.29, 0.717) is 44.7 Å². The van der Waals surface area contributed by atoms with Crippen LogP contribution in [0.25, 0.3) is 21.3 Å². The number of anilines is 2. The molecule has 0 bridgehead atoms. The van der Waals surface area contributed by atoms with E-state index in [9.17, 15) is 18.0 Å². The molecule has 1 unspecified atom stereocenters. The van der Waals surface area contributed by atoms with Crippen molar-refractivity contribution in [2.75, 3.05) is 18.4 Å². The van der Waals surface area contributed by atoms with Gasteiger partial charge in [0, 0.05) is 25.1 Å². The SMILES string of the molecule is Cn1c(Nc2nc3ccc(OC(F)(F)F)cc3s2)nc2cc(C(=O)CC3CCCNC3)ccc21. The van der Waals surface area contributed by atoms with Crippen molar-refractivity contribution in [3.63, 3.8) is 0 Å². The molecule has 5 rings (SSSR count). The normalized spacial score (nSPS) is 16.8. The first-order valence-corrected chi connectivity index (χ1v) is 11.7. The third-order valence-corrected chi connectivity index (χ3v) is 6.82. The fourth-order valence-corrected chi connectivity index (χ4v) is 5.10. The largest absolute Gasteiger partial charge is 0.573 e. The van der Waals surface area contributed by atoms with Crippen LogP contribution < -0.4 is 15.4 Å². The zero-order valence-corrected chi connectivity index (χ0v) is 19.1. The second-order valence-corrected chi connectivity index (χ2v) is 9.39. The van der Waals surface area contributed by atoms with Crippen molar-refractivity contribution in [3.05, 3.63) is 42.0 Å². The second kappa shape index (κ2) is 8.88. The Hall–Kier alpha value is -3.18. The van der Waals surface area contributed by atoms with E-state index in [1.807, 2.05) is 23.7 Å². The van der Waals surface area contributed by atoms with Crippen LogP contribution in [0.1, 0.15) is 29.6 Å². The Balaban J connectivity index is 1.36. The number of nitrogens with one attached hydrogen (secondary N) is 2. The molecule has 1 aliphatic rings. The van der Waals surface area contributed by atoms with Gasteiger partial charge in [-0.25, -0.2) is 9.97 Å². The molecule has 1 atom stereocenters. The molecule has 4 aromatic rings. The Labute approximate surface area is 197 Å². The van der Waals surface area contributed by atoms with Gasteiger partial charge in [-0.05, 0) is 62.2 Å². The number of halogens is 3. The Kier molecular flexibility index (Phi) is 5.90. The van der Waals surface area contributed by atoms with Crippen LogP contribution in [0.4, 0.5) is 24.3 Å². The zero-order chi connectivity index (χ0) is 23.9.